The molecule has 8 heteroatoms. The zero-order valence-corrected chi connectivity index (χ0v) is 20.8. The maximum Gasteiger partial charge on any atom is 0.301 e. The molecular formula is C24H20Br2N2O4. The van der Waals surface area contributed by atoms with Crippen LogP contribution < -0.4 is 4.90 Å². The summed E-state index contributed by atoms with van der Waals surface area (Å²) >= 11 is 6.77. The molecule has 1 amide bonds. The first-order valence-electron chi connectivity index (χ1n) is 9.87. The Balaban J connectivity index is 1.91. The number of amides is 1. The zero-order valence-electron chi connectivity index (χ0n) is 17.6. The number of benzene rings is 2. The summed E-state index contributed by atoms with van der Waals surface area (Å²) in [5, 5.41) is 15.2. The quantitative estimate of drug-likeness (QED) is 0.237. The van der Waals surface area contributed by atoms with E-state index in [4.69, 9.17) is 4.52 Å². The molecule has 4 rings (SSSR count). The Morgan fingerprint density at radius 2 is 1.56 bits per heavy atom. The third-order valence-electron chi connectivity index (χ3n) is 5.23. The highest BCUT2D eigenvalue weighted by Crippen LogP contribution is 2.42. The van der Waals surface area contributed by atoms with Crippen LogP contribution in [0.25, 0.3) is 5.76 Å². The summed E-state index contributed by atoms with van der Waals surface area (Å²) in [6.45, 7) is 5.89. The molecule has 1 N–H and O–H groups in total. The highest BCUT2D eigenvalue weighted by Gasteiger charge is 2.48. The van der Waals surface area contributed by atoms with Crippen molar-refractivity contribution in [3.63, 3.8) is 0 Å². The van der Waals surface area contributed by atoms with Gasteiger partial charge in [-0.1, -0.05) is 82.1 Å². The van der Waals surface area contributed by atoms with Crippen molar-refractivity contribution in [1.82, 2.24) is 5.16 Å². The lowest BCUT2D eigenvalue weighted by atomic mass is 9.93. The van der Waals surface area contributed by atoms with Crippen molar-refractivity contribution in [2.45, 2.75) is 32.2 Å². The third kappa shape index (κ3) is 4.04. The van der Waals surface area contributed by atoms with Crippen LogP contribution in [0, 0.1) is 0 Å². The van der Waals surface area contributed by atoms with Gasteiger partial charge in [-0.25, -0.2) is 0 Å². The van der Waals surface area contributed by atoms with E-state index in [-0.39, 0.29) is 22.6 Å². The Labute approximate surface area is 202 Å². The molecule has 0 saturated carbocycles. The van der Waals surface area contributed by atoms with Gasteiger partial charge in [0.05, 0.1) is 11.6 Å². The van der Waals surface area contributed by atoms with Crippen LogP contribution in [0.4, 0.5) is 5.82 Å². The topological polar surface area (TPSA) is 83.6 Å². The summed E-state index contributed by atoms with van der Waals surface area (Å²) in [4.78, 5) is 27.6. The Kier molecular flexibility index (Phi) is 5.85. The van der Waals surface area contributed by atoms with Crippen LogP contribution in [0.1, 0.15) is 43.7 Å². The molecule has 0 spiro atoms. The van der Waals surface area contributed by atoms with E-state index in [1.54, 1.807) is 42.5 Å². The molecular weight excluding hydrogens is 540 g/mol. The second kappa shape index (κ2) is 8.33. The van der Waals surface area contributed by atoms with Crippen molar-refractivity contribution in [2.75, 3.05) is 4.90 Å². The van der Waals surface area contributed by atoms with E-state index in [2.05, 4.69) is 37.0 Å². The monoisotopic (exact) mass is 558 g/mol. The number of hydrogen-bond donors (Lipinski definition) is 1. The number of nitrogens with zero attached hydrogens (tertiary/aromatic N) is 2. The first-order valence-corrected chi connectivity index (χ1v) is 11.5. The fourth-order valence-electron chi connectivity index (χ4n) is 3.53. The number of aromatic nitrogens is 1. The van der Waals surface area contributed by atoms with Crippen molar-refractivity contribution in [2.24, 2.45) is 0 Å². The van der Waals surface area contributed by atoms with Crippen LogP contribution in [-0.2, 0) is 15.0 Å². The van der Waals surface area contributed by atoms with Gasteiger partial charge >= 0.3 is 5.91 Å². The van der Waals surface area contributed by atoms with E-state index >= 15 is 0 Å². The summed E-state index contributed by atoms with van der Waals surface area (Å²) < 4.78 is 7.15. The predicted octanol–water partition coefficient (Wildman–Crippen LogP) is 6.12. The van der Waals surface area contributed by atoms with Gasteiger partial charge in [0, 0.05) is 26.0 Å². The van der Waals surface area contributed by atoms with Crippen LogP contribution >= 0.6 is 31.9 Å². The molecule has 2 heterocycles. The summed E-state index contributed by atoms with van der Waals surface area (Å²) in [7, 11) is 0. The van der Waals surface area contributed by atoms with Crippen LogP contribution in [0.15, 0.2) is 73.6 Å². The van der Waals surface area contributed by atoms with Gasteiger partial charge in [-0.2, -0.15) is 0 Å². The first kappa shape index (κ1) is 22.5. The van der Waals surface area contributed by atoms with E-state index in [1.807, 2.05) is 32.9 Å². The lowest BCUT2D eigenvalue weighted by Crippen LogP contribution is -2.29. The van der Waals surface area contributed by atoms with Gasteiger partial charge in [-0.15, -0.1) is 0 Å². The maximum atomic E-state index is 13.1. The molecule has 1 aromatic heterocycles. The molecule has 0 bridgehead atoms. The highest BCUT2D eigenvalue weighted by atomic mass is 79.9. The Morgan fingerprint density at radius 1 is 1.00 bits per heavy atom. The van der Waals surface area contributed by atoms with Crippen molar-refractivity contribution in [3.8, 4) is 0 Å². The second-order valence-electron chi connectivity index (χ2n) is 8.53. The highest BCUT2D eigenvalue weighted by molar-refractivity contribution is 9.10. The molecule has 1 aliphatic rings. The zero-order chi connectivity index (χ0) is 23.2. The van der Waals surface area contributed by atoms with Gasteiger partial charge in [0.2, 0.25) is 0 Å². The molecule has 0 unspecified atom stereocenters. The number of rotatable bonds is 3. The van der Waals surface area contributed by atoms with Crippen LogP contribution in [0.3, 0.4) is 0 Å². The number of aliphatic hydroxyl groups excluding tert-OH is 1. The molecule has 32 heavy (non-hydrogen) atoms. The van der Waals surface area contributed by atoms with Gasteiger partial charge < -0.3 is 9.63 Å². The molecule has 1 aliphatic heterocycles. The minimum Gasteiger partial charge on any atom is -0.507 e. The molecule has 6 nitrogen and oxygen atoms in total. The fraction of sp³-hybridized carbons (Fsp3) is 0.208. The normalized spacial score (nSPS) is 18.4. The van der Waals surface area contributed by atoms with Gasteiger partial charge in [0.25, 0.3) is 5.78 Å². The van der Waals surface area contributed by atoms with E-state index in [1.165, 1.54) is 4.90 Å². The number of ketones is 1. The van der Waals surface area contributed by atoms with Gasteiger partial charge in [0.15, 0.2) is 5.82 Å². The average molecular weight is 560 g/mol. The Morgan fingerprint density at radius 3 is 2.09 bits per heavy atom. The number of carbonyl (C=O) groups excluding carboxylic acids is 2. The standard InChI is InChI=1S/C24H20Br2N2O4/c1-24(2,3)17-12-18(27-32-17)28-20(13-4-8-15(25)9-5-13)19(22(30)23(28)31)21(29)14-6-10-16(26)11-7-14/h4-12,20,29H,1-3H3/t20-/m0/s1. The van der Waals surface area contributed by atoms with Crippen molar-refractivity contribution in [3.05, 3.63) is 86.0 Å². The maximum absolute atomic E-state index is 13.1. The second-order valence-corrected chi connectivity index (χ2v) is 10.4. The average Bonchev–Trinajstić information content (AvgIpc) is 3.32. The van der Waals surface area contributed by atoms with Gasteiger partial charge in [0.1, 0.15) is 11.5 Å². The van der Waals surface area contributed by atoms with Crippen molar-refractivity contribution >= 4 is 55.1 Å². The molecule has 0 radical (unpaired) electrons. The minimum absolute atomic E-state index is 0.0000430. The summed E-state index contributed by atoms with van der Waals surface area (Å²) in [5.74, 6) is -0.994. The summed E-state index contributed by atoms with van der Waals surface area (Å²) in [6.07, 6.45) is 0. The number of hydrogen-bond acceptors (Lipinski definition) is 5. The van der Waals surface area contributed by atoms with Crippen LogP contribution in [-0.4, -0.2) is 22.0 Å². The largest absolute Gasteiger partial charge is 0.507 e. The van der Waals surface area contributed by atoms with E-state index in [0.29, 0.717) is 16.9 Å². The molecule has 2 aromatic carbocycles. The predicted molar refractivity (Wildman–Crippen MR) is 128 cm³/mol. The van der Waals surface area contributed by atoms with E-state index < -0.39 is 17.7 Å². The van der Waals surface area contributed by atoms with Crippen LogP contribution in [0.5, 0.6) is 0 Å². The van der Waals surface area contributed by atoms with E-state index in [0.717, 1.165) is 8.95 Å². The number of Topliss-reactive ketones (excluding diaryl/α,β-unsaturated/α-hetero) is 1. The van der Waals surface area contributed by atoms with Gasteiger partial charge in [-0.05, 0) is 29.8 Å². The summed E-state index contributed by atoms with van der Waals surface area (Å²) in [6, 6.07) is 14.9. The van der Waals surface area contributed by atoms with E-state index in [9.17, 15) is 14.7 Å². The third-order valence-corrected chi connectivity index (χ3v) is 6.29. The smallest absolute Gasteiger partial charge is 0.301 e. The van der Waals surface area contributed by atoms with Gasteiger partial charge in [-0.3, -0.25) is 14.5 Å². The Hall–Kier alpha value is -2.71. The molecule has 3 aromatic rings. The van der Waals surface area contributed by atoms with Crippen molar-refractivity contribution < 1.29 is 19.2 Å². The SMILES string of the molecule is CC(C)(C)c1cc(N2C(=O)C(=O)C(=C(O)c3ccc(Br)cc3)[C@@H]2c2ccc(Br)cc2)no1. The fourth-order valence-corrected chi connectivity index (χ4v) is 4.05. The molecule has 1 fully saturated rings. The number of anilines is 1. The van der Waals surface area contributed by atoms with Crippen molar-refractivity contribution in [1.29, 1.82) is 0 Å². The molecule has 1 saturated heterocycles. The number of aliphatic hydroxyl groups is 1. The minimum atomic E-state index is -0.857. The molecule has 164 valence electrons. The number of carbonyl (C=O) groups is 2. The lowest BCUT2D eigenvalue weighted by Gasteiger charge is -2.23. The lowest BCUT2D eigenvalue weighted by molar-refractivity contribution is -0.132. The molecule has 1 atom stereocenters. The van der Waals surface area contributed by atoms with Crippen LogP contribution in [0.2, 0.25) is 0 Å². The molecule has 0 aliphatic carbocycles. The number of halogens is 2. The first-order chi connectivity index (χ1) is 15.1. The Bertz CT molecular complexity index is 1220. The summed E-state index contributed by atoms with van der Waals surface area (Å²) in [5.41, 5.74) is 0.763.